The Hall–Kier alpha value is -1.20. The molecule has 0 fully saturated rings. The Labute approximate surface area is 115 Å². The van der Waals surface area contributed by atoms with E-state index in [0.717, 1.165) is 22.0 Å². The lowest BCUT2D eigenvalue weighted by Gasteiger charge is -2.10. The lowest BCUT2D eigenvalue weighted by atomic mass is 10.2. The largest absolute Gasteiger partial charge is 0.353 e. The molecule has 2 rings (SSSR count). The first-order valence-electron chi connectivity index (χ1n) is 5.96. The molecule has 96 valence electrons. The van der Waals surface area contributed by atoms with Gasteiger partial charge in [-0.05, 0) is 24.8 Å². The number of nitrogens with one attached hydrogen (secondary N) is 1. The van der Waals surface area contributed by atoms with Crippen molar-refractivity contribution < 1.29 is 4.79 Å². The van der Waals surface area contributed by atoms with Crippen LogP contribution in [0.4, 0.5) is 0 Å². The van der Waals surface area contributed by atoms with Gasteiger partial charge in [0, 0.05) is 11.4 Å². The summed E-state index contributed by atoms with van der Waals surface area (Å²) < 4.78 is 0. The van der Waals surface area contributed by atoms with Gasteiger partial charge in [0.1, 0.15) is 5.01 Å². The van der Waals surface area contributed by atoms with Crippen molar-refractivity contribution in [3.8, 4) is 9.88 Å². The maximum absolute atomic E-state index is 11.7. The van der Waals surface area contributed by atoms with E-state index in [0.29, 0.717) is 6.42 Å². The standard InChI is InChI=1S/C13H16N2OS2/c1-3-9(2)14-12(16)7-10-8-18-13(15-10)11-5-4-6-17-11/h4-6,8-9H,3,7H2,1-2H3,(H,14,16)/t9-/m0/s1. The lowest BCUT2D eigenvalue weighted by Crippen LogP contribution is -2.33. The van der Waals surface area contributed by atoms with Crippen molar-refractivity contribution in [1.82, 2.24) is 10.3 Å². The molecule has 1 atom stereocenters. The molecule has 3 nitrogen and oxygen atoms in total. The molecule has 0 saturated heterocycles. The van der Waals surface area contributed by atoms with E-state index in [1.54, 1.807) is 22.7 Å². The second-order valence-corrected chi connectivity index (χ2v) is 5.98. The minimum Gasteiger partial charge on any atom is -0.353 e. The molecular formula is C13H16N2OS2. The van der Waals surface area contributed by atoms with E-state index < -0.39 is 0 Å². The molecule has 0 radical (unpaired) electrons. The molecule has 0 aliphatic heterocycles. The molecule has 0 aliphatic rings. The van der Waals surface area contributed by atoms with E-state index in [4.69, 9.17) is 0 Å². The Balaban J connectivity index is 1.97. The first-order valence-corrected chi connectivity index (χ1v) is 7.72. The summed E-state index contributed by atoms with van der Waals surface area (Å²) in [5.74, 6) is 0.0485. The Kier molecular flexibility index (Phi) is 4.49. The molecule has 2 aromatic rings. The van der Waals surface area contributed by atoms with Crippen LogP contribution in [0, 0.1) is 0 Å². The van der Waals surface area contributed by atoms with Crippen LogP contribution in [0.1, 0.15) is 26.0 Å². The zero-order chi connectivity index (χ0) is 13.0. The summed E-state index contributed by atoms with van der Waals surface area (Å²) >= 11 is 3.26. The monoisotopic (exact) mass is 280 g/mol. The maximum atomic E-state index is 11.7. The first-order chi connectivity index (χ1) is 8.69. The summed E-state index contributed by atoms with van der Waals surface area (Å²) in [7, 11) is 0. The quantitative estimate of drug-likeness (QED) is 0.913. The van der Waals surface area contributed by atoms with Gasteiger partial charge in [-0.15, -0.1) is 22.7 Å². The number of thiophene rings is 1. The smallest absolute Gasteiger partial charge is 0.226 e. The number of nitrogens with zero attached hydrogens (tertiary/aromatic N) is 1. The van der Waals surface area contributed by atoms with Crippen LogP contribution in [-0.4, -0.2) is 16.9 Å². The average molecular weight is 280 g/mol. The van der Waals surface area contributed by atoms with Gasteiger partial charge in [0.2, 0.25) is 5.91 Å². The van der Waals surface area contributed by atoms with Gasteiger partial charge in [0.25, 0.3) is 0 Å². The van der Waals surface area contributed by atoms with E-state index in [-0.39, 0.29) is 11.9 Å². The molecule has 2 heterocycles. The van der Waals surface area contributed by atoms with Crippen molar-refractivity contribution in [2.75, 3.05) is 0 Å². The predicted octanol–water partition coefficient (Wildman–Crippen LogP) is 3.33. The van der Waals surface area contributed by atoms with Gasteiger partial charge in [-0.25, -0.2) is 4.98 Å². The van der Waals surface area contributed by atoms with E-state index in [1.165, 1.54) is 0 Å². The number of thiazole rings is 1. The van der Waals surface area contributed by atoms with Crippen LogP contribution in [0.25, 0.3) is 9.88 Å². The van der Waals surface area contributed by atoms with Crippen molar-refractivity contribution in [1.29, 1.82) is 0 Å². The van der Waals surface area contributed by atoms with Crippen LogP contribution < -0.4 is 5.32 Å². The number of amides is 1. The minimum atomic E-state index is 0.0485. The molecule has 0 aliphatic carbocycles. The summed E-state index contributed by atoms with van der Waals surface area (Å²) in [6, 6.07) is 4.29. The SMILES string of the molecule is CC[C@H](C)NC(=O)Cc1csc(-c2cccs2)n1. The van der Waals surface area contributed by atoms with E-state index in [9.17, 15) is 4.79 Å². The molecule has 0 unspecified atom stereocenters. The highest BCUT2D eigenvalue weighted by Gasteiger charge is 2.10. The van der Waals surface area contributed by atoms with Gasteiger partial charge in [0.05, 0.1) is 17.0 Å². The number of hydrogen-bond donors (Lipinski definition) is 1. The fourth-order valence-electron chi connectivity index (χ4n) is 1.49. The highest BCUT2D eigenvalue weighted by Crippen LogP contribution is 2.27. The number of hydrogen-bond acceptors (Lipinski definition) is 4. The Morgan fingerprint density at radius 3 is 3.00 bits per heavy atom. The first kappa shape index (κ1) is 13.2. The van der Waals surface area contributed by atoms with Gasteiger partial charge in [-0.3, -0.25) is 4.79 Å². The summed E-state index contributed by atoms with van der Waals surface area (Å²) in [6.45, 7) is 4.07. The van der Waals surface area contributed by atoms with Crippen molar-refractivity contribution in [2.45, 2.75) is 32.7 Å². The van der Waals surface area contributed by atoms with Crippen molar-refractivity contribution in [2.24, 2.45) is 0 Å². The van der Waals surface area contributed by atoms with Crippen LogP contribution in [0.5, 0.6) is 0 Å². The fraction of sp³-hybridized carbons (Fsp3) is 0.385. The normalized spacial score (nSPS) is 12.3. The highest BCUT2D eigenvalue weighted by atomic mass is 32.1. The van der Waals surface area contributed by atoms with Gasteiger partial charge >= 0.3 is 0 Å². The number of carbonyl (C=O) groups excluding carboxylic acids is 1. The van der Waals surface area contributed by atoms with Gasteiger partial charge in [0.15, 0.2) is 0 Å². The topological polar surface area (TPSA) is 42.0 Å². The molecule has 2 aromatic heterocycles. The fourth-order valence-corrected chi connectivity index (χ4v) is 3.13. The van der Waals surface area contributed by atoms with Gasteiger partial charge < -0.3 is 5.32 Å². The summed E-state index contributed by atoms with van der Waals surface area (Å²) in [6.07, 6.45) is 1.31. The molecule has 1 amide bonds. The average Bonchev–Trinajstić information content (AvgIpc) is 2.98. The van der Waals surface area contributed by atoms with Crippen LogP contribution in [0.15, 0.2) is 22.9 Å². The molecule has 0 bridgehead atoms. The van der Waals surface area contributed by atoms with E-state index in [2.05, 4.69) is 17.2 Å². The highest BCUT2D eigenvalue weighted by molar-refractivity contribution is 7.20. The van der Waals surface area contributed by atoms with Crippen molar-refractivity contribution in [3.05, 3.63) is 28.6 Å². The molecule has 0 aromatic carbocycles. The molecule has 0 saturated carbocycles. The van der Waals surface area contributed by atoms with Crippen LogP contribution in [0.3, 0.4) is 0 Å². The zero-order valence-electron chi connectivity index (χ0n) is 10.5. The summed E-state index contributed by atoms with van der Waals surface area (Å²) in [5.41, 5.74) is 0.851. The molecule has 18 heavy (non-hydrogen) atoms. The minimum absolute atomic E-state index is 0.0485. The van der Waals surface area contributed by atoms with Crippen molar-refractivity contribution >= 4 is 28.6 Å². The summed E-state index contributed by atoms with van der Waals surface area (Å²) in [5, 5.41) is 7.94. The number of aromatic nitrogens is 1. The van der Waals surface area contributed by atoms with Crippen LogP contribution >= 0.6 is 22.7 Å². The Bertz CT molecular complexity index is 505. The van der Waals surface area contributed by atoms with E-state index in [1.807, 2.05) is 29.8 Å². The second-order valence-electron chi connectivity index (χ2n) is 4.17. The maximum Gasteiger partial charge on any atom is 0.226 e. The third-order valence-corrected chi connectivity index (χ3v) is 4.58. The zero-order valence-corrected chi connectivity index (χ0v) is 12.1. The lowest BCUT2D eigenvalue weighted by molar-refractivity contribution is -0.121. The number of rotatable bonds is 5. The number of carbonyl (C=O) groups is 1. The second kappa shape index (κ2) is 6.11. The van der Waals surface area contributed by atoms with Gasteiger partial charge in [-0.1, -0.05) is 13.0 Å². The van der Waals surface area contributed by atoms with Gasteiger partial charge in [-0.2, -0.15) is 0 Å². The molecule has 5 heteroatoms. The van der Waals surface area contributed by atoms with E-state index >= 15 is 0 Å². The third-order valence-electron chi connectivity index (χ3n) is 2.65. The summed E-state index contributed by atoms with van der Waals surface area (Å²) in [4.78, 5) is 17.4. The third kappa shape index (κ3) is 3.40. The molecule has 1 N–H and O–H groups in total. The molecule has 0 spiro atoms. The van der Waals surface area contributed by atoms with Crippen LogP contribution in [-0.2, 0) is 11.2 Å². The van der Waals surface area contributed by atoms with Crippen molar-refractivity contribution in [3.63, 3.8) is 0 Å². The predicted molar refractivity (Wildman–Crippen MR) is 77.0 cm³/mol. The Morgan fingerprint density at radius 1 is 1.50 bits per heavy atom. The Morgan fingerprint density at radius 2 is 2.33 bits per heavy atom. The van der Waals surface area contributed by atoms with Crippen LogP contribution in [0.2, 0.25) is 0 Å². The molecular weight excluding hydrogens is 264 g/mol.